The molecule has 1 aromatic rings. The molecule has 0 aromatic heterocycles. The second-order valence-corrected chi connectivity index (χ2v) is 3.39. The molecule has 1 aromatic carbocycles. The first-order chi connectivity index (χ1) is 8.26. The Morgan fingerprint density at radius 1 is 1.41 bits per heavy atom. The van der Waals surface area contributed by atoms with E-state index in [1.807, 2.05) is 0 Å². The SMILES string of the molecule is COc1cccc(OCC(=O)NCCCO)c1. The van der Waals surface area contributed by atoms with E-state index in [0.29, 0.717) is 24.5 Å². The number of methoxy groups -OCH3 is 1. The van der Waals surface area contributed by atoms with E-state index >= 15 is 0 Å². The summed E-state index contributed by atoms with van der Waals surface area (Å²) in [6.07, 6.45) is 0.547. The second-order valence-electron chi connectivity index (χ2n) is 3.39. The van der Waals surface area contributed by atoms with Gasteiger partial charge >= 0.3 is 0 Å². The van der Waals surface area contributed by atoms with Crippen LogP contribution >= 0.6 is 0 Å². The van der Waals surface area contributed by atoms with Crippen molar-refractivity contribution < 1.29 is 19.4 Å². The highest BCUT2D eigenvalue weighted by molar-refractivity contribution is 5.77. The summed E-state index contributed by atoms with van der Waals surface area (Å²) in [5.41, 5.74) is 0. The lowest BCUT2D eigenvalue weighted by molar-refractivity contribution is -0.123. The molecule has 0 aliphatic carbocycles. The van der Waals surface area contributed by atoms with Gasteiger partial charge in [0.1, 0.15) is 11.5 Å². The van der Waals surface area contributed by atoms with E-state index in [-0.39, 0.29) is 19.1 Å². The van der Waals surface area contributed by atoms with Crippen LogP contribution in [-0.2, 0) is 4.79 Å². The Labute approximate surface area is 100 Å². The van der Waals surface area contributed by atoms with Crippen molar-refractivity contribution in [3.05, 3.63) is 24.3 Å². The van der Waals surface area contributed by atoms with Gasteiger partial charge in [-0.15, -0.1) is 0 Å². The van der Waals surface area contributed by atoms with Crippen LogP contribution in [-0.4, -0.2) is 37.9 Å². The first-order valence-electron chi connectivity index (χ1n) is 5.40. The molecule has 5 heteroatoms. The van der Waals surface area contributed by atoms with Crippen LogP contribution in [0.3, 0.4) is 0 Å². The Morgan fingerprint density at radius 2 is 2.18 bits per heavy atom. The molecule has 94 valence electrons. The topological polar surface area (TPSA) is 67.8 Å². The number of carbonyl (C=O) groups is 1. The van der Waals surface area contributed by atoms with Crippen molar-refractivity contribution in [1.82, 2.24) is 5.32 Å². The Hall–Kier alpha value is -1.75. The smallest absolute Gasteiger partial charge is 0.257 e. The van der Waals surface area contributed by atoms with E-state index in [2.05, 4.69) is 5.32 Å². The summed E-state index contributed by atoms with van der Waals surface area (Å²) in [6.45, 7) is 0.479. The van der Waals surface area contributed by atoms with Gasteiger partial charge in [0.05, 0.1) is 7.11 Å². The highest BCUT2D eigenvalue weighted by atomic mass is 16.5. The predicted molar refractivity (Wildman–Crippen MR) is 63.2 cm³/mol. The zero-order valence-corrected chi connectivity index (χ0v) is 9.81. The zero-order chi connectivity index (χ0) is 12.5. The second kappa shape index (κ2) is 7.51. The lowest BCUT2D eigenvalue weighted by Crippen LogP contribution is -2.30. The molecule has 1 rings (SSSR count). The maximum Gasteiger partial charge on any atom is 0.257 e. The quantitative estimate of drug-likeness (QED) is 0.683. The molecule has 0 fully saturated rings. The molecule has 2 N–H and O–H groups in total. The van der Waals surface area contributed by atoms with Gasteiger partial charge in [-0.25, -0.2) is 0 Å². The Morgan fingerprint density at radius 3 is 2.88 bits per heavy atom. The summed E-state index contributed by atoms with van der Waals surface area (Å²) in [4.78, 5) is 11.3. The summed E-state index contributed by atoms with van der Waals surface area (Å²) in [7, 11) is 1.57. The molecule has 0 unspecified atom stereocenters. The fourth-order valence-electron chi connectivity index (χ4n) is 1.20. The van der Waals surface area contributed by atoms with E-state index in [4.69, 9.17) is 14.6 Å². The van der Waals surface area contributed by atoms with Crippen molar-refractivity contribution in [2.75, 3.05) is 26.9 Å². The highest BCUT2D eigenvalue weighted by Crippen LogP contribution is 2.18. The summed E-state index contributed by atoms with van der Waals surface area (Å²) in [5.74, 6) is 1.06. The van der Waals surface area contributed by atoms with Crippen LogP contribution < -0.4 is 14.8 Å². The van der Waals surface area contributed by atoms with E-state index in [0.717, 1.165) is 0 Å². The molecule has 5 nitrogen and oxygen atoms in total. The summed E-state index contributed by atoms with van der Waals surface area (Å²) in [6, 6.07) is 7.05. The van der Waals surface area contributed by atoms with Crippen LogP contribution in [0.1, 0.15) is 6.42 Å². The molecule has 17 heavy (non-hydrogen) atoms. The van der Waals surface area contributed by atoms with Crippen molar-refractivity contribution in [3.63, 3.8) is 0 Å². The van der Waals surface area contributed by atoms with Crippen LogP contribution in [0.2, 0.25) is 0 Å². The third-order valence-corrected chi connectivity index (χ3v) is 2.07. The summed E-state index contributed by atoms with van der Waals surface area (Å²) < 4.78 is 10.3. The highest BCUT2D eigenvalue weighted by Gasteiger charge is 2.02. The first kappa shape index (κ1) is 13.3. The van der Waals surface area contributed by atoms with Crippen LogP contribution in [0, 0.1) is 0 Å². The van der Waals surface area contributed by atoms with E-state index in [9.17, 15) is 4.79 Å². The molecule has 0 atom stereocenters. The average molecular weight is 239 g/mol. The van der Waals surface area contributed by atoms with Crippen molar-refractivity contribution in [2.24, 2.45) is 0 Å². The maximum atomic E-state index is 11.3. The van der Waals surface area contributed by atoms with Crippen LogP contribution in [0.5, 0.6) is 11.5 Å². The zero-order valence-electron chi connectivity index (χ0n) is 9.81. The van der Waals surface area contributed by atoms with Crippen LogP contribution in [0.15, 0.2) is 24.3 Å². The molecule has 1 amide bonds. The van der Waals surface area contributed by atoms with Gasteiger partial charge in [-0.05, 0) is 18.6 Å². The number of aliphatic hydroxyl groups is 1. The average Bonchev–Trinajstić information content (AvgIpc) is 2.37. The Bertz CT molecular complexity index is 354. The number of rotatable bonds is 7. The molecule has 0 saturated carbocycles. The Kier molecular flexibility index (Phi) is 5.88. The molecule has 0 aliphatic rings. The van der Waals surface area contributed by atoms with Crippen LogP contribution in [0.4, 0.5) is 0 Å². The summed E-state index contributed by atoms with van der Waals surface area (Å²) in [5, 5.41) is 11.2. The minimum absolute atomic E-state index is 0.0431. The molecule has 0 bridgehead atoms. The predicted octanol–water partition coefficient (Wildman–Crippen LogP) is 0.573. The number of hydrogen-bond donors (Lipinski definition) is 2. The molecular weight excluding hydrogens is 222 g/mol. The number of nitrogens with one attached hydrogen (secondary N) is 1. The van der Waals surface area contributed by atoms with Gasteiger partial charge in [-0.1, -0.05) is 6.07 Å². The normalized spacial score (nSPS) is 9.76. The minimum atomic E-state index is -0.207. The van der Waals surface area contributed by atoms with Crippen molar-refractivity contribution in [2.45, 2.75) is 6.42 Å². The molecule has 0 radical (unpaired) electrons. The third-order valence-electron chi connectivity index (χ3n) is 2.07. The van der Waals surface area contributed by atoms with Gasteiger partial charge in [0.25, 0.3) is 5.91 Å². The van der Waals surface area contributed by atoms with E-state index in [1.165, 1.54) is 0 Å². The molecule has 0 saturated heterocycles. The lowest BCUT2D eigenvalue weighted by atomic mass is 10.3. The number of hydrogen-bond acceptors (Lipinski definition) is 4. The number of ether oxygens (including phenoxy) is 2. The fraction of sp³-hybridized carbons (Fsp3) is 0.417. The molecule has 0 heterocycles. The van der Waals surface area contributed by atoms with Gasteiger partial charge in [-0.3, -0.25) is 4.79 Å². The molecular formula is C12H17NO4. The minimum Gasteiger partial charge on any atom is -0.497 e. The van der Waals surface area contributed by atoms with Gasteiger partial charge < -0.3 is 19.9 Å². The number of amides is 1. The van der Waals surface area contributed by atoms with E-state index < -0.39 is 0 Å². The van der Waals surface area contributed by atoms with E-state index in [1.54, 1.807) is 31.4 Å². The molecule has 0 aliphatic heterocycles. The van der Waals surface area contributed by atoms with Crippen molar-refractivity contribution in [1.29, 1.82) is 0 Å². The number of benzene rings is 1. The van der Waals surface area contributed by atoms with Gasteiger partial charge in [-0.2, -0.15) is 0 Å². The number of aliphatic hydroxyl groups excluding tert-OH is 1. The first-order valence-corrected chi connectivity index (χ1v) is 5.40. The standard InChI is InChI=1S/C12H17NO4/c1-16-10-4-2-5-11(8-10)17-9-12(15)13-6-3-7-14/h2,4-5,8,14H,3,6-7,9H2,1H3,(H,13,15). The molecule has 0 spiro atoms. The largest absolute Gasteiger partial charge is 0.497 e. The van der Waals surface area contributed by atoms with Crippen molar-refractivity contribution in [3.8, 4) is 11.5 Å². The fourth-order valence-corrected chi connectivity index (χ4v) is 1.20. The Balaban J connectivity index is 2.31. The van der Waals surface area contributed by atoms with Crippen LogP contribution in [0.25, 0.3) is 0 Å². The van der Waals surface area contributed by atoms with Gasteiger partial charge in [0.15, 0.2) is 6.61 Å². The maximum absolute atomic E-state index is 11.3. The number of carbonyl (C=O) groups excluding carboxylic acids is 1. The van der Waals surface area contributed by atoms with Gasteiger partial charge in [0, 0.05) is 19.2 Å². The van der Waals surface area contributed by atoms with Crippen molar-refractivity contribution >= 4 is 5.91 Å². The third kappa shape index (κ3) is 5.21. The lowest BCUT2D eigenvalue weighted by Gasteiger charge is -2.08. The summed E-state index contributed by atoms with van der Waals surface area (Å²) >= 11 is 0. The van der Waals surface area contributed by atoms with Gasteiger partial charge in [0.2, 0.25) is 0 Å². The monoisotopic (exact) mass is 239 g/mol.